The Balaban J connectivity index is 2.07. The zero-order valence-electron chi connectivity index (χ0n) is 15.9. The molecule has 0 bridgehead atoms. The van der Waals surface area contributed by atoms with E-state index in [9.17, 15) is 14.7 Å². The molecule has 1 aliphatic rings. The lowest BCUT2D eigenvalue weighted by Crippen LogP contribution is -2.32. The fraction of sp³-hybridized carbons (Fsp3) is 0.273. The molecule has 1 atom stereocenters. The molecule has 1 aliphatic heterocycles. The Morgan fingerprint density at radius 3 is 2.32 bits per heavy atom. The maximum atomic E-state index is 12.8. The van der Waals surface area contributed by atoms with Crippen molar-refractivity contribution in [1.29, 1.82) is 0 Å². The quantitative estimate of drug-likeness (QED) is 0.457. The molecule has 146 valence electrons. The van der Waals surface area contributed by atoms with Crippen molar-refractivity contribution in [2.45, 2.75) is 12.5 Å². The van der Waals surface area contributed by atoms with Gasteiger partial charge in [0, 0.05) is 17.1 Å². The van der Waals surface area contributed by atoms with E-state index in [0.29, 0.717) is 17.1 Å². The molecule has 0 aromatic heterocycles. The number of rotatable bonds is 6. The van der Waals surface area contributed by atoms with E-state index >= 15 is 0 Å². The Labute approximate surface area is 169 Å². The van der Waals surface area contributed by atoms with Crippen LogP contribution in [0.25, 0.3) is 5.76 Å². The molecule has 1 saturated heterocycles. The number of aliphatic hydroxyl groups excluding tert-OH is 1. The summed E-state index contributed by atoms with van der Waals surface area (Å²) in [5, 5.41) is 11.4. The first-order valence-corrected chi connectivity index (χ1v) is 9.52. The number of likely N-dealkylation sites (tertiary alicyclic amines) is 1. The van der Waals surface area contributed by atoms with Gasteiger partial charge in [0.15, 0.2) is 0 Å². The molecule has 3 rings (SSSR count). The van der Waals surface area contributed by atoms with Crippen molar-refractivity contribution in [2.24, 2.45) is 0 Å². The van der Waals surface area contributed by atoms with Gasteiger partial charge in [-0.1, -0.05) is 54.1 Å². The van der Waals surface area contributed by atoms with Crippen molar-refractivity contribution < 1.29 is 14.7 Å². The van der Waals surface area contributed by atoms with Gasteiger partial charge in [-0.15, -0.1) is 0 Å². The first kappa shape index (κ1) is 20.1. The maximum Gasteiger partial charge on any atom is 0.295 e. The van der Waals surface area contributed by atoms with E-state index in [0.717, 1.165) is 18.5 Å². The van der Waals surface area contributed by atoms with E-state index in [1.165, 1.54) is 0 Å². The largest absolute Gasteiger partial charge is 0.507 e. The lowest BCUT2D eigenvalue weighted by Gasteiger charge is -2.26. The average molecular weight is 399 g/mol. The van der Waals surface area contributed by atoms with Crippen molar-refractivity contribution in [3.8, 4) is 0 Å². The summed E-state index contributed by atoms with van der Waals surface area (Å²) in [6.07, 6.45) is 0.718. The Kier molecular flexibility index (Phi) is 6.17. The van der Waals surface area contributed by atoms with Crippen LogP contribution in [0.1, 0.15) is 23.6 Å². The summed E-state index contributed by atoms with van der Waals surface area (Å²) >= 11 is 6.01. The van der Waals surface area contributed by atoms with Crippen molar-refractivity contribution in [3.05, 3.63) is 76.3 Å². The zero-order chi connectivity index (χ0) is 20.3. The fourth-order valence-corrected chi connectivity index (χ4v) is 3.54. The molecule has 1 amide bonds. The van der Waals surface area contributed by atoms with Crippen molar-refractivity contribution >= 4 is 29.1 Å². The highest BCUT2D eigenvalue weighted by Gasteiger charge is 2.45. The van der Waals surface area contributed by atoms with Crippen molar-refractivity contribution in [3.63, 3.8) is 0 Å². The van der Waals surface area contributed by atoms with E-state index in [1.807, 2.05) is 25.1 Å². The van der Waals surface area contributed by atoms with Crippen molar-refractivity contribution in [1.82, 2.24) is 9.80 Å². The van der Waals surface area contributed by atoms with Crippen LogP contribution in [0.4, 0.5) is 0 Å². The third-order valence-electron chi connectivity index (χ3n) is 4.78. The Bertz CT molecular complexity index is 892. The molecule has 0 aliphatic carbocycles. The molecule has 0 saturated carbocycles. The highest BCUT2D eigenvalue weighted by atomic mass is 35.5. The van der Waals surface area contributed by atoms with Gasteiger partial charge in [-0.05, 0) is 44.8 Å². The highest BCUT2D eigenvalue weighted by molar-refractivity contribution is 6.46. The fourth-order valence-electron chi connectivity index (χ4n) is 3.41. The van der Waals surface area contributed by atoms with E-state index < -0.39 is 17.7 Å². The lowest BCUT2D eigenvalue weighted by molar-refractivity contribution is -0.139. The third-order valence-corrected chi connectivity index (χ3v) is 5.03. The average Bonchev–Trinajstić information content (AvgIpc) is 2.93. The minimum atomic E-state index is -0.661. The number of Topliss-reactive ketones (excluding diaryl/α,β-unsaturated/α-hetero) is 1. The first-order valence-electron chi connectivity index (χ1n) is 9.14. The highest BCUT2D eigenvalue weighted by Crippen LogP contribution is 2.39. The van der Waals surface area contributed by atoms with Gasteiger partial charge in [-0.3, -0.25) is 9.59 Å². The minimum Gasteiger partial charge on any atom is -0.507 e. The molecular formula is C22H23ClN2O3. The molecule has 2 aromatic carbocycles. The van der Waals surface area contributed by atoms with Gasteiger partial charge in [0.2, 0.25) is 0 Å². The predicted molar refractivity (Wildman–Crippen MR) is 110 cm³/mol. The van der Waals surface area contributed by atoms with E-state index in [1.54, 1.807) is 53.4 Å². The number of nitrogens with zero attached hydrogens (tertiary/aromatic N) is 2. The van der Waals surface area contributed by atoms with Crippen LogP contribution in [-0.2, 0) is 9.59 Å². The molecule has 6 heteroatoms. The number of halogens is 1. The van der Waals surface area contributed by atoms with Gasteiger partial charge in [0.05, 0.1) is 11.6 Å². The standard InChI is InChI=1S/C22H23ClN2O3/c1-24(2)13-6-14-25-19(15-9-11-17(23)12-10-15)18(21(27)22(25)28)20(26)16-7-4-3-5-8-16/h3-5,7-12,19,26H,6,13-14H2,1-2H3/t19-/m0/s1. The number of aliphatic hydroxyl groups is 1. The van der Waals surface area contributed by atoms with E-state index in [2.05, 4.69) is 0 Å². The van der Waals surface area contributed by atoms with Crippen molar-refractivity contribution in [2.75, 3.05) is 27.2 Å². The summed E-state index contributed by atoms with van der Waals surface area (Å²) in [5.41, 5.74) is 1.36. The zero-order valence-corrected chi connectivity index (χ0v) is 16.7. The SMILES string of the molecule is CN(C)CCCN1C(=O)C(=O)C(=C(O)c2ccccc2)[C@@H]1c1ccc(Cl)cc1. The Morgan fingerprint density at radius 2 is 1.71 bits per heavy atom. The molecular weight excluding hydrogens is 376 g/mol. The van der Waals surface area contributed by atoms with Crippen LogP contribution in [0.3, 0.4) is 0 Å². The van der Waals surface area contributed by atoms with Gasteiger partial charge in [0.25, 0.3) is 11.7 Å². The molecule has 5 nitrogen and oxygen atoms in total. The monoisotopic (exact) mass is 398 g/mol. The van der Waals surface area contributed by atoms with Crippen LogP contribution in [0.5, 0.6) is 0 Å². The number of carbonyl (C=O) groups excluding carboxylic acids is 2. The molecule has 0 radical (unpaired) electrons. The molecule has 28 heavy (non-hydrogen) atoms. The molecule has 1 heterocycles. The molecule has 0 unspecified atom stereocenters. The van der Waals surface area contributed by atoms with Crippen LogP contribution >= 0.6 is 11.6 Å². The molecule has 0 spiro atoms. The van der Waals surface area contributed by atoms with Gasteiger partial charge >= 0.3 is 0 Å². The number of benzene rings is 2. The third kappa shape index (κ3) is 4.11. The maximum absolute atomic E-state index is 12.8. The van der Waals surface area contributed by atoms with Gasteiger partial charge in [-0.25, -0.2) is 0 Å². The summed E-state index contributed by atoms with van der Waals surface area (Å²) in [6, 6.07) is 15.2. The molecule has 2 aromatic rings. The number of ketones is 1. The van der Waals surface area contributed by atoms with Crippen LogP contribution in [0.2, 0.25) is 5.02 Å². The summed E-state index contributed by atoms with van der Waals surface area (Å²) in [5.74, 6) is -1.41. The predicted octanol–water partition coefficient (Wildman–Crippen LogP) is 3.71. The van der Waals surface area contributed by atoms with Gasteiger partial charge in [0.1, 0.15) is 5.76 Å². The summed E-state index contributed by atoms with van der Waals surface area (Å²) in [6.45, 7) is 1.20. The number of hydrogen-bond donors (Lipinski definition) is 1. The van der Waals surface area contributed by atoms with Crippen LogP contribution in [0, 0.1) is 0 Å². The first-order chi connectivity index (χ1) is 13.4. The van der Waals surface area contributed by atoms with Crippen LogP contribution in [-0.4, -0.2) is 53.8 Å². The summed E-state index contributed by atoms with van der Waals surface area (Å²) in [7, 11) is 3.92. The lowest BCUT2D eigenvalue weighted by atomic mass is 9.95. The smallest absolute Gasteiger partial charge is 0.295 e. The second-order valence-electron chi connectivity index (χ2n) is 7.07. The second kappa shape index (κ2) is 8.59. The number of hydrogen-bond acceptors (Lipinski definition) is 4. The van der Waals surface area contributed by atoms with Crippen LogP contribution < -0.4 is 0 Å². The second-order valence-corrected chi connectivity index (χ2v) is 7.50. The number of carbonyl (C=O) groups is 2. The molecule has 1 N–H and O–H groups in total. The van der Waals surface area contributed by atoms with E-state index in [-0.39, 0.29) is 11.3 Å². The van der Waals surface area contributed by atoms with Gasteiger partial charge < -0.3 is 14.9 Å². The minimum absolute atomic E-state index is 0.114. The molecule has 1 fully saturated rings. The van der Waals surface area contributed by atoms with Crippen LogP contribution in [0.15, 0.2) is 60.2 Å². The Morgan fingerprint density at radius 1 is 1.07 bits per heavy atom. The van der Waals surface area contributed by atoms with E-state index in [4.69, 9.17) is 11.6 Å². The normalized spacial score (nSPS) is 18.9. The summed E-state index contributed by atoms with van der Waals surface area (Å²) in [4.78, 5) is 29.2. The summed E-state index contributed by atoms with van der Waals surface area (Å²) < 4.78 is 0. The Hall–Kier alpha value is -2.63. The van der Waals surface area contributed by atoms with Gasteiger partial charge in [-0.2, -0.15) is 0 Å². The number of amides is 1. The topological polar surface area (TPSA) is 60.9 Å².